The molecule has 0 aromatic heterocycles. The summed E-state index contributed by atoms with van der Waals surface area (Å²) in [4.78, 5) is 2.91. The molecule has 0 radical (unpaired) electrons. The highest BCUT2D eigenvalue weighted by molar-refractivity contribution is 6.32. The van der Waals surface area contributed by atoms with E-state index in [4.69, 9.17) is 11.6 Å². The highest BCUT2D eigenvalue weighted by Crippen LogP contribution is 2.31. The number of rotatable bonds is 12. The molecule has 2 aliphatic rings. The zero-order chi connectivity index (χ0) is 21.1. The zero-order valence-electron chi connectivity index (χ0n) is 19.4. The normalized spacial score (nSPS) is 20.8. The Labute approximate surface area is 186 Å². The Morgan fingerprint density at radius 2 is 1.52 bits per heavy atom. The number of hydrogen-bond acceptors (Lipinski definition) is 1. The molecule has 2 aliphatic carbocycles. The predicted molar refractivity (Wildman–Crippen MR) is 131 cm³/mol. The van der Waals surface area contributed by atoms with Crippen LogP contribution in [0.15, 0.2) is 35.4 Å². The first-order chi connectivity index (χ1) is 14.0. The Morgan fingerprint density at radius 3 is 2.03 bits per heavy atom. The molecule has 166 valence electrons. The molecule has 2 saturated carbocycles. The monoisotopic (exact) mass is 419 g/mol. The van der Waals surface area contributed by atoms with Gasteiger partial charge in [0.25, 0.3) is 0 Å². The second kappa shape index (κ2) is 13.7. The van der Waals surface area contributed by atoms with Crippen molar-refractivity contribution in [3.05, 3.63) is 35.4 Å². The van der Waals surface area contributed by atoms with E-state index < -0.39 is 0 Å². The van der Waals surface area contributed by atoms with Crippen LogP contribution in [0.2, 0.25) is 0 Å². The predicted octanol–water partition coefficient (Wildman–Crippen LogP) is 8.80. The molecule has 2 rings (SSSR count). The molecule has 1 nitrogen and oxygen atoms in total. The number of halogens is 1. The lowest BCUT2D eigenvalue weighted by molar-refractivity contribution is 0.0797. The van der Waals surface area contributed by atoms with E-state index in [1.54, 1.807) is 0 Å². The molecule has 0 aliphatic heterocycles. The molecule has 29 heavy (non-hydrogen) atoms. The minimum absolute atomic E-state index is 0.458. The van der Waals surface area contributed by atoms with E-state index in [1.165, 1.54) is 96.4 Å². The maximum atomic E-state index is 6.58. The van der Waals surface area contributed by atoms with Crippen LogP contribution in [0, 0.1) is 5.92 Å². The summed E-state index contributed by atoms with van der Waals surface area (Å²) in [5.74, 6) is 0.458. The van der Waals surface area contributed by atoms with Gasteiger partial charge in [0.15, 0.2) is 0 Å². The summed E-state index contributed by atoms with van der Waals surface area (Å²) < 4.78 is 0. The maximum Gasteiger partial charge on any atom is 0.0437 e. The van der Waals surface area contributed by atoms with Gasteiger partial charge < -0.3 is 0 Å². The molecule has 1 atom stereocenters. The van der Waals surface area contributed by atoms with Crippen LogP contribution in [0.4, 0.5) is 0 Å². The van der Waals surface area contributed by atoms with E-state index in [1.807, 2.05) is 0 Å². The quantitative estimate of drug-likeness (QED) is 0.285. The average molecular weight is 420 g/mol. The summed E-state index contributed by atoms with van der Waals surface area (Å²) >= 11 is 6.58. The SMILES string of the molecule is C=C(/C=C(/Cl)C(=C)C(C)CCCC)CCCN(C1CCCCC1)C1CCCCC1. The Kier molecular flexibility index (Phi) is 11.7. The van der Waals surface area contributed by atoms with Crippen LogP contribution in [0.3, 0.4) is 0 Å². The van der Waals surface area contributed by atoms with Crippen molar-refractivity contribution in [1.82, 2.24) is 4.90 Å². The van der Waals surface area contributed by atoms with Crippen LogP contribution in [0.1, 0.15) is 110 Å². The van der Waals surface area contributed by atoms with Crippen molar-refractivity contribution in [3.63, 3.8) is 0 Å². The molecular weight excluding hydrogens is 374 g/mol. The Morgan fingerprint density at radius 1 is 0.966 bits per heavy atom. The third kappa shape index (κ3) is 8.62. The Bertz CT molecular complexity index is 505. The minimum Gasteiger partial charge on any atom is -0.297 e. The molecule has 0 spiro atoms. The fraction of sp³-hybridized carbons (Fsp3) is 0.778. The summed E-state index contributed by atoms with van der Waals surface area (Å²) in [7, 11) is 0. The lowest BCUT2D eigenvalue weighted by atomic mass is 9.88. The summed E-state index contributed by atoms with van der Waals surface area (Å²) in [6.45, 7) is 14.2. The topological polar surface area (TPSA) is 3.24 Å². The van der Waals surface area contributed by atoms with Crippen molar-refractivity contribution >= 4 is 11.6 Å². The molecule has 0 aromatic rings. The van der Waals surface area contributed by atoms with E-state index >= 15 is 0 Å². The van der Waals surface area contributed by atoms with Crippen molar-refractivity contribution in [3.8, 4) is 0 Å². The van der Waals surface area contributed by atoms with Crippen LogP contribution in [-0.2, 0) is 0 Å². The summed E-state index contributed by atoms with van der Waals surface area (Å²) in [6.07, 6.45) is 22.2. The first-order valence-electron chi connectivity index (χ1n) is 12.5. The van der Waals surface area contributed by atoms with Crippen molar-refractivity contribution < 1.29 is 0 Å². The third-order valence-electron chi connectivity index (χ3n) is 7.22. The number of nitrogens with zero attached hydrogens (tertiary/aromatic N) is 1. The largest absolute Gasteiger partial charge is 0.297 e. The first-order valence-corrected chi connectivity index (χ1v) is 12.9. The van der Waals surface area contributed by atoms with Gasteiger partial charge in [0.05, 0.1) is 0 Å². The van der Waals surface area contributed by atoms with E-state index in [2.05, 4.69) is 38.0 Å². The molecule has 0 amide bonds. The van der Waals surface area contributed by atoms with E-state index in [-0.39, 0.29) is 0 Å². The maximum absolute atomic E-state index is 6.58. The van der Waals surface area contributed by atoms with Crippen molar-refractivity contribution in [1.29, 1.82) is 0 Å². The van der Waals surface area contributed by atoms with Crippen molar-refractivity contribution in [2.24, 2.45) is 5.92 Å². The van der Waals surface area contributed by atoms with Gasteiger partial charge >= 0.3 is 0 Å². The number of unbranched alkanes of at least 4 members (excludes halogenated alkanes) is 1. The standard InChI is InChI=1S/C27H46ClN/c1-5-6-15-23(3)24(4)27(28)21-22(2)14-13-20-29(25-16-9-7-10-17-25)26-18-11-8-12-19-26/h21,23,25-26H,2,4-20H2,1,3H3/b27-21+. The smallest absolute Gasteiger partial charge is 0.0437 e. The molecular formula is C27H46ClN. The van der Waals surface area contributed by atoms with Crippen LogP contribution in [0.5, 0.6) is 0 Å². The second-order valence-corrected chi connectivity index (χ2v) is 10.1. The summed E-state index contributed by atoms with van der Waals surface area (Å²) in [5, 5.41) is 0.815. The summed E-state index contributed by atoms with van der Waals surface area (Å²) in [5.41, 5.74) is 2.23. The van der Waals surface area contributed by atoms with Gasteiger partial charge in [-0.05, 0) is 69.1 Å². The van der Waals surface area contributed by atoms with Gasteiger partial charge in [-0.2, -0.15) is 0 Å². The van der Waals surface area contributed by atoms with E-state index in [0.29, 0.717) is 5.92 Å². The van der Waals surface area contributed by atoms with E-state index in [9.17, 15) is 0 Å². The van der Waals surface area contributed by atoms with Gasteiger partial charge in [0, 0.05) is 17.1 Å². The second-order valence-electron chi connectivity index (χ2n) is 9.64. The zero-order valence-corrected chi connectivity index (χ0v) is 20.1. The molecule has 2 heteroatoms. The van der Waals surface area contributed by atoms with Gasteiger partial charge in [-0.15, -0.1) is 0 Å². The molecule has 0 saturated heterocycles. The number of hydrogen-bond donors (Lipinski definition) is 0. The van der Waals surface area contributed by atoms with Gasteiger partial charge in [-0.3, -0.25) is 4.90 Å². The molecule has 0 bridgehead atoms. The molecule has 1 unspecified atom stereocenters. The highest BCUT2D eigenvalue weighted by Gasteiger charge is 2.28. The van der Waals surface area contributed by atoms with Crippen molar-refractivity contribution in [2.75, 3.05) is 6.54 Å². The highest BCUT2D eigenvalue weighted by atomic mass is 35.5. The molecule has 0 heterocycles. The first kappa shape index (κ1) is 24.7. The molecule has 0 N–H and O–H groups in total. The average Bonchev–Trinajstić information content (AvgIpc) is 2.75. The van der Waals surface area contributed by atoms with Crippen LogP contribution in [0.25, 0.3) is 0 Å². The molecule has 0 aromatic carbocycles. The summed E-state index contributed by atoms with van der Waals surface area (Å²) in [6, 6.07) is 1.66. The number of allylic oxidation sites excluding steroid dienone is 4. The third-order valence-corrected chi connectivity index (χ3v) is 7.58. The van der Waals surface area contributed by atoms with Gasteiger partial charge in [-0.1, -0.05) is 95.5 Å². The van der Waals surface area contributed by atoms with E-state index in [0.717, 1.165) is 34.7 Å². The Hall–Kier alpha value is -0.530. The van der Waals surface area contributed by atoms with Gasteiger partial charge in [-0.25, -0.2) is 0 Å². The van der Waals surface area contributed by atoms with Crippen molar-refractivity contribution in [2.45, 2.75) is 122 Å². The molecule has 2 fully saturated rings. The van der Waals surface area contributed by atoms with Crippen LogP contribution in [-0.4, -0.2) is 23.5 Å². The van der Waals surface area contributed by atoms with Crippen LogP contribution < -0.4 is 0 Å². The Balaban J connectivity index is 1.83. The van der Waals surface area contributed by atoms with Gasteiger partial charge in [0.1, 0.15) is 0 Å². The lowest BCUT2D eigenvalue weighted by Gasteiger charge is -2.42. The minimum atomic E-state index is 0.458. The van der Waals surface area contributed by atoms with Gasteiger partial charge in [0.2, 0.25) is 0 Å². The fourth-order valence-electron chi connectivity index (χ4n) is 5.24. The van der Waals surface area contributed by atoms with Crippen LogP contribution >= 0.6 is 11.6 Å². The lowest BCUT2D eigenvalue weighted by Crippen LogP contribution is -2.45. The fourth-order valence-corrected chi connectivity index (χ4v) is 5.58.